The highest BCUT2D eigenvalue weighted by Gasteiger charge is 2.09. The monoisotopic (exact) mass is 246 g/mol. The van der Waals surface area contributed by atoms with Crippen LogP contribution in [0, 0.1) is 0 Å². The predicted molar refractivity (Wildman–Crippen MR) is 70.7 cm³/mol. The molecule has 0 aliphatic carbocycles. The van der Waals surface area contributed by atoms with Crippen molar-refractivity contribution >= 4 is 17.0 Å². The van der Waals surface area contributed by atoms with Gasteiger partial charge in [0, 0.05) is 13.5 Å². The fourth-order valence-electron chi connectivity index (χ4n) is 2.14. The molecule has 0 amide bonds. The van der Waals surface area contributed by atoms with E-state index in [2.05, 4.69) is 16.5 Å². The molecule has 0 atom stereocenters. The van der Waals surface area contributed by atoms with Gasteiger partial charge in [-0.1, -0.05) is 19.4 Å². The molecule has 4 nitrogen and oxygen atoms in total. The molecule has 2 aromatic rings. The lowest BCUT2D eigenvalue weighted by Crippen LogP contribution is -1.99. The van der Waals surface area contributed by atoms with Crippen LogP contribution in [0.3, 0.4) is 0 Å². The number of hydrogen-bond acceptors (Lipinski definition) is 2. The van der Waals surface area contributed by atoms with Gasteiger partial charge in [-0.15, -0.1) is 0 Å². The van der Waals surface area contributed by atoms with Crippen LogP contribution in [-0.2, 0) is 24.7 Å². The Hall–Kier alpha value is -1.84. The predicted octanol–water partition coefficient (Wildman–Crippen LogP) is 2.54. The summed E-state index contributed by atoms with van der Waals surface area (Å²) < 4.78 is 2.09. The Morgan fingerprint density at radius 1 is 1.44 bits per heavy atom. The smallest absolute Gasteiger partial charge is 0.307 e. The van der Waals surface area contributed by atoms with Crippen molar-refractivity contribution in [3.05, 3.63) is 29.6 Å². The number of carbonyl (C=O) groups is 1. The van der Waals surface area contributed by atoms with Crippen LogP contribution < -0.4 is 0 Å². The van der Waals surface area contributed by atoms with E-state index in [-0.39, 0.29) is 6.42 Å². The Morgan fingerprint density at radius 3 is 2.89 bits per heavy atom. The quantitative estimate of drug-likeness (QED) is 0.882. The Labute approximate surface area is 106 Å². The molecule has 0 saturated heterocycles. The van der Waals surface area contributed by atoms with Crippen LogP contribution in [0.15, 0.2) is 18.2 Å². The van der Waals surface area contributed by atoms with Crippen LogP contribution in [0.5, 0.6) is 0 Å². The van der Waals surface area contributed by atoms with Crippen LogP contribution in [-0.4, -0.2) is 20.6 Å². The number of aliphatic carboxylic acids is 1. The Balaban J connectivity index is 2.35. The van der Waals surface area contributed by atoms with E-state index in [9.17, 15) is 4.79 Å². The summed E-state index contributed by atoms with van der Waals surface area (Å²) in [6.07, 6.45) is 3.29. The van der Waals surface area contributed by atoms with Crippen molar-refractivity contribution in [3.8, 4) is 0 Å². The minimum absolute atomic E-state index is 0.0524. The number of benzene rings is 1. The molecule has 0 aliphatic heterocycles. The fourth-order valence-corrected chi connectivity index (χ4v) is 2.14. The average molecular weight is 246 g/mol. The zero-order valence-electron chi connectivity index (χ0n) is 10.8. The van der Waals surface area contributed by atoms with Gasteiger partial charge in [0.05, 0.1) is 17.5 Å². The molecule has 0 saturated carbocycles. The van der Waals surface area contributed by atoms with Gasteiger partial charge in [0.2, 0.25) is 0 Å². The molecule has 0 spiro atoms. The molecule has 0 radical (unpaired) electrons. The van der Waals surface area contributed by atoms with E-state index in [1.165, 1.54) is 0 Å². The van der Waals surface area contributed by atoms with Crippen LogP contribution in [0.25, 0.3) is 11.0 Å². The minimum atomic E-state index is -0.809. The molecule has 0 unspecified atom stereocenters. The summed E-state index contributed by atoms with van der Waals surface area (Å²) in [6, 6.07) is 5.69. The summed E-state index contributed by atoms with van der Waals surface area (Å²) in [7, 11) is 2.01. The highest BCUT2D eigenvalue weighted by atomic mass is 16.4. The molecule has 0 fully saturated rings. The van der Waals surface area contributed by atoms with Gasteiger partial charge in [0.1, 0.15) is 5.82 Å². The van der Waals surface area contributed by atoms with E-state index < -0.39 is 5.97 Å². The first-order valence-electron chi connectivity index (χ1n) is 6.28. The minimum Gasteiger partial charge on any atom is -0.481 e. The standard InChI is InChI=1S/C14H18N2O2/c1-3-4-5-13-15-11-8-10(9-14(17)18)6-7-12(11)16(13)2/h6-8H,3-5,9H2,1-2H3,(H,17,18). The normalized spacial score (nSPS) is 11.0. The second-order valence-electron chi connectivity index (χ2n) is 4.58. The SMILES string of the molecule is CCCCc1nc2cc(CC(=O)O)ccc2n1C. The second-order valence-corrected chi connectivity index (χ2v) is 4.58. The molecule has 1 heterocycles. The van der Waals surface area contributed by atoms with Crippen LogP contribution >= 0.6 is 0 Å². The van der Waals surface area contributed by atoms with Gasteiger partial charge in [-0.3, -0.25) is 4.79 Å². The summed E-state index contributed by atoms with van der Waals surface area (Å²) >= 11 is 0. The van der Waals surface area contributed by atoms with E-state index in [1.54, 1.807) is 0 Å². The largest absolute Gasteiger partial charge is 0.481 e. The number of hydrogen-bond donors (Lipinski definition) is 1. The lowest BCUT2D eigenvalue weighted by atomic mass is 10.1. The molecule has 0 bridgehead atoms. The number of imidazole rings is 1. The first kappa shape index (κ1) is 12.6. The third-order valence-corrected chi connectivity index (χ3v) is 3.15. The third-order valence-electron chi connectivity index (χ3n) is 3.15. The van der Waals surface area contributed by atoms with E-state index in [0.29, 0.717) is 0 Å². The Morgan fingerprint density at radius 2 is 2.22 bits per heavy atom. The second kappa shape index (κ2) is 5.21. The van der Waals surface area contributed by atoms with Crippen molar-refractivity contribution in [1.82, 2.24) is 9.55 Å². The van der Waals surface area contributed by atoms with E-state index in [0.717, 1.165) is 41.7 Å². The first-order chi connectivity index (χ1) is 8.61. The summed E-state index contributed by atoms with van der Waals surface area (Å²) in [5.41, 5.74) is 2.76. The molecule has 18 heavy (non-hydrogen) atoms. The van der Waals surface area contributed by atoms with Crippen LogP contribution in [0.4, 0.5) is 0 Å². The lowest BCUT2D eigenvalue weighted by Gasteiger charge is -2.01. The summed E-state index contributed by atoms with van der Waals surface area (Å²) in [4.78, 5) is 15.3. The number of aromatic nitrogens is 2. The molecular formula is C14H18N2O2. The number of fused-ring (bicyclic) bond motifs is 1. The average Bonchev–Trinajstić information content (AvgIpc) is 2.62. The van der Waals surface area contributed by atoms with Gasteiger partial charge in [-0.25, -0.2) is 4.98 Å². The maximum absolute atomic E-state index is 10.7. The number of rotatable bonds is 5. The molecular weight excluding hydrogens is 228 g/mol. The van der Waals surface area contributed by atoms with Crippen molar-refractivity contribution in [2.24, 2.45) is 7.05 Å². The Kier molecular flexibility index (Phi) is 3.65. The summed E-state index contributed by atoms with van der Waals surface area (Å²) in [5.74, 6) is 0.260. The van der Waals surface area contributed by atoms with Crippen molar-refractivity contribution in [1.29, 1.82) is 0 Å². The highest BCUT2D eigenvalue weighted by Crippen LogP contribution is 2.18. The maximum Gasteiger partial charge on any atom is 0.307 e. The zero-order valence-corrected chi connectivity index (χ0v) is 10.8. The van der Waals surface area contributed by atoms with Crippen LogP contribution in [0.1, 0.15) is 31.2 Å². The lowest BCUT2D eigenvalue weighted by molar-refractivity contribution is -0.136. The Bertz CT molecular complexity index is 572. The van der Waals surface area contributed by atoms with E-state index in [4.69, 9.17) is 5.11 Å². The van der Waals surface area contributed by atoms with Gasteiger partial charge in [0.15, 0.2) is 0 Å². The van der Waals surface area contributed by atoms with Crippen molar-refractivity contribution in [2.45, 2.75) is 32.6 Å². The number of carboxylic acid groups (broad SMARTS) is 1. The number of aryl methyl sites for hydroxylation is 2. The van der Waals surface area contributed by atoms with Crippen molar-refractivity contribution in [2.75, 3.05) is 0 Å². The first-order valence-corrected chi connectivity index (χ1v) is 6.28. The van der Waals surface area contributed by atoms with Crippen LogP contribution in [0.2, 0.25) is 0 Å². The fraction of sp³-hybridized carbons (Fsp3) is 0.429. The molecule has 1 aromatic heterocycles. The van der Waals surface area contributed by atoms with Gasteiger partial charge < -0.3 is 9.67 Å². The molecule has 96 valence electrons. The van der Waals surface area contributed by atoms with E-state index in [1.807, 2.05) is 25.2 Å². The van der Waals surface area contributed by atoms with Gasteiger partial charge in [-0.2, -0.15) is 0 Å². The van der Waals surface area contributed by atoms with E-state index >= 15 is 0 Å². The number of unbranched alkanes of at least 4 members (excludes halogenated alkanes) is 1. The molecule has 1 aromatic carbocycles. The van der Waals surface area contributed by atoms with Gasteiger partial charge >= 0.3 is 5.97 Å². The number of nitrogens with zero attached hydrogens (tertiary/aromatic N) is 2. The molecule has 1 N–H and O–H groups in total. The molecule has 4 heteroatoms. The number of carboxylic acids is 1. The van der Waals surface area contributed by atoms with Crippen molar-refractivity contribution < 1.29 is 9.90 Å². The summed E-state index contributed by atoms with van der Waals surface area (Å²) in [6.45, 7) is 2.16. The maximum atomic E-state index is 10.7. The van der Waals surface area contributed by atoms with Gasteiger partial charge in [0.25, 0.3) is 0 Å². The van der Waals surface area contributed by atoms with Crippen molar-refractivity contribution in [3.63, 3.8) is 0 Å². The summed E-state index contributed by atoms with van der Waals surface area (Å²) in [5, 5.41) is 8.79. The topological polar surface area (TPSA) is 55.1 Å². The van der Waals surface area contributed by atoms with Gasteiger partial charge in [-0.05, 0) is 24.1 Å². The zero-order chi connectivity index (χ0) is 13.1. The molecule has 0 aliphatic rings. The highest BCUT2D eigenvalue weighted by molar-refractivity contribution is 5.79. The third kappa shape index (κ3) is 2.53. The molecule has 2 rings (SSSR count).